The van der Waals surface area contributed by atoms with Gasteiger partial charge >= 0.3 is 6.03 Å². The fourth-order valence-corrected chi connectivity index (χ4v) is 1.02. The van der Waals surface area contributed by atoms with Gasteiger partial charge in [0.1, 0.15) is 0 Å². The Morgan fingerprint density at radius 3 is 2.57 bits per heavy atom. The third kappa shape index (κ3) is 9.32. The molecule has 0 atom stereocenters. The minimum Gasteiger partial charge on any atom is -0.380 e. The molecule has 0 aliphatic rings. The van der Waals surface area contributed by atoms with E-state index >= 15 is 0 Å². The van der Waals surface area contributed by atoms with E-state index in [1.54, 1.807) is 0 Å². The molecule has 0 radical (unpaired) electrons. The van der Waals surface area contributed by atoms with Crippen molar-refractivity contribution in [2.24, 2.45) is 0 Å². The summed E-state index contributed by atoms with van der Waals surface area (Å²) in [4.78, 5) is 10.9. The number of carbonyl (C=O) groups is 1. The Morgan fingerprint density at radius 2 is 1.93 bits per heavy atom. The van der Waals surface area contributed by atoms with Gasteiger partial charge in [-0.25, -0.2) is 4.79 Å². The highest BCUT2D eigenvalue weighted by atomic mass is 16.5. The van der Waals surface area contributed by atoms with E-state index in [-0.39, 0.29) is 6.03 Å². The summed E-state index contributed by atoms with van der Waals surface area (Å²) >= 11 is 0. The van der Waals surface area contributed by atoms with Gasteiger partial charge in [0.2, 0.25) is 0 Å². The molecule has 0 rings (SSSR count). The molecule has 0 unspecified atom stereocenters. The summed E-state index contributed by atoms with van der Waals surface area (Å²) in [6, 6.07) is -0.121. The van der Waals surface area contributed by atoms with Gasteiger partial charge in [-0.15, -0.1) is 0 Å². The molecule has 2 amide bonds. The molecule has 0 bridgehead atoms. The van der Waals surface area contributed by atoms with E-state index in [1.807, 2.05) is 6.92 Å². The van der Waals surface area contributed by atoms with Crippen LogP contribution in [-0.4, -0.2) is 32.3 Å². The quantitative estimate of drug-likeness (QED) is 0.586. The Balaban J connectivity index is 3.01. The SMILES string of the molecule is CCCCCOCCNC(=O)NCC. The van der Waals surface area contributed by atoms with Crippen molar-refractivity contribution in [3.8, 4) is 0 Å². The predicted molar refractivity (Wildman–Crippen MR) is 57.4 cm³/mol. The lowest BCUT2D eigenvalue weighted by Gasteiger charge is -2.06. The zero-order valence-corrected chi connectivity index (χ0v) is 9.27. The van der Waals surface area contributed by atoms with E-state index in [0.29, 0.717) is 19.7 Å². The second-order valence-electron chi connectivity index (χ2n) is 3.11. The molecule has 2 N–H and O–H groups in total. The Kier molecular flexibility index (Phi) is 9.74. The molecular weight excluding hydrogens is 180 g/mol. The summed E-state index contributed by atoms with van der Waals surface area (Å²) in [5, 5.41) is 5.35. The van der Waals surface area contributed by atoms with Crippen LogP contribution in [0.5, 0.6) is 0 Å². The first-order valence-corrected chi connectivity index (χ1v) is 5.40. The van der Waals surface area contributed by atoms with Crippen LogP contribution >= 0.6 is 0 Å². The lowest BCUT2D eigenvalue weighted by atomic mass is 10.3. The number of carbonyl (C=O) groups excluding carboxylic acids is 1. The average Bonchev–Trinajstić information content (AvgIpc) is 2.17. The van der Waals surface area contributed by atoms with Crippen LogP contribution in [0, 0.1) is 0 Å². The van der Waals surface area contributed by atoms with Gasteiger partial charge in [-0.05, 0) is 13.3 Å². The number of hydrogen-bond donors (Lipinski definition) is 2. The number of urea groups is 1. The maximum atomic E-state index is 10.9. The van der Waals surface area contributed by atoms with Gasteiger partial charge in [0.05, 0.1) is 6.61 Å². The molecule has 84 valence electrons. The summed E-state index contributed by atoms with van der Waals surface area (Å²) in [6.07, 6.45) is 3.53. The highest BCUT2D eigenvalue weighted by Crippen LogP contribution is 1.93. The average molecular weight is 202 g/mol. The van der Waals surface area contributed by atoms with Gasteiger partial charge in [-0.2, -0.15) is 0 Å². The maximum absolute atomic E-state index is 10.9. The molecule has 0 aromatic heterocycles. The smallest absolute Gasteiger partial charge is 0.314 e. The summed E-state index contributed by atoms with van der Waals surface area (Å²) in [5.41, 5.74) is 0. The summed E-state index contributed by atoms with van der Waals surface area (Å²) in [6.45, 7) is 6.68. The normalized spacial score (nSPS) is 9.86. The van der Waals surface area contributed by atoms with Crippen LogP contribution in [0.4, 0.5) is 4.79 Å². The van der Waals surface area contributed by atoms with E-state index in [0.717, 1.165) is 13.0 Å². The fourth-order valence-electron chi connectivity index (χ4n) is 1.02. The maximum Gasteiger partial charge on any atom is 0.314 e. The molecule has 14 heavy (non-hydrogen) atoms. The minimum atomic E-state index is -0.121. The van der Waals surface area contributed by atoms with Gasteiger partial charge < -0.3 is 15.4 Å². The first-order valence-electron chi connectivity index (χ1n) is 5.40. The van der Waals surface area contributed by atoms with Gasteiger partial charge in [0.25, 0.3) is 0 Å². The van der Waals surface area contributed by atoms with Crippen molar-refractivity contribution in [2.45, 2.75) is 33.1 Å². The van der Waals surface area contributed by atoms with Crippen molar-refractivity contribution in [1.29, 1.82) is 0 Å². The zero-order valence-electron chi connectivity index (χ0n) is 9.27. The molecule has 0 saturated heterocycles. The van der Waals surface area contributed by atoms with Crippen molar-refractivity contribution in [3.05, 3.63) is 0 Å². The molecular formula is C10H22N2O2. The molecule has 0 saturated carbocycles. The molecule has 0 fully saturated rings. The van der Waals surface area contributed by atoms with E-state index in [4.69, 9.17) is 4.74 Å². The Hall–Kier alpha value is -0.770. The standard InChI is InChI=1S/C10H22N2O2/c1-3-5-6-8-14-9-7-12-10(13)11-4-2/h3-9H2,1-2H3,(H2,11,12,13). The summed E-state index contributed by atoms with van der Waals surface area (Å²) < 4.78 is 5.32. The van der Waals surface area contributed by atoms with Crippen molar-refractivity contribution in [2.75, 3.05) is 26.3 Å². The molecule has 0 aliphatic heterocycles. The Bertz CT molecular complexity index is 140. The van der Waals surface area contributed by atoms with Crippen LogP contribution in [0.25, 0.3) is 0 Å². The van der Waals surface area contributed by atoms with Crippen LogP contribution in [0.2, 0.25) is 0 Å². The number of nitrogens with one attached hydrogen (secondary N) is 2. The summed E-state index contributed by atoms with van der Waals surface area (Å²) in [5.74, 6) is 0. The van der Waals surface area contributed by atoms with Crippen molar-refractivity contribution in [1.82, 2.24) is 10.6 Å². The lowest BCUT2D eigenvalue weighted by molar-refractivity contribution is 0.132. The lowest BCUT2D eigenvalue weighted by Crippen LogP contribution is -2.37. The Morgan fingerprint density at radius 1 is 1.14 bits per heavy atom. The largest absolute Gasteiger partial charge is 0.380 e. The highest BCUT2D eigenvalue weighted by Gasteiger charge is 1.95. The zero-order chi connectivity index (χ0) is 10.6. The van der Waals surface area contributed by atoms with Gasteiger partial charge in [0.15, 0.2) is 0 Å². The van der Waals surface area contributed by atoms with Crippen molar-refractivity contribution < 1.29 is 9.53 Å². The highest BCUT2D eigenvalue weighted by molar-refractivity contribution is 5.73. The number of rotatable bonds is 8. The fraction of sp³-hybridized carbons (Fsp3) is 0.900. The van der Waals surface area contributed by atoms with Gasteiger partial charge in [0, 0.05) is 19.7 Å². The van der Waals surface area contributed by atoms with Crippen LogP contribution in [0.1, 0.15) is 33.1 Å². The van der Waals surface area contributed by atoms with E-state index in [2.05, 4.69) is 17.6 Å². The van der Waals surface area contributed by atoms with Gasteiger partial charge in [-0.3, -0.25) is 0 Å². The molecule has 4 heteroatoms. The third-order valence-corrected chi connectivity index (χ3v) is 1.76. The van der Waals surface area contributed by atoms with Gasteiger partial charge in [-0.1, -0.05) is 19.8 Å². The van der Waals surface area contributed by atoms with Crippen molar-refractivity contribution >= 4 is 6.03 Å². The van der Waals surface area contributed by atoms with Crippen LogP contribution in [0.3, 0.4) is 0 Å². The molecule has 0 spiro atoms. The predicted octanol–water partition coefficient (Wildman–Crippen LogP) is 1.51. The van der Waals surface area contributed by atoms with Crippen LogP contribution in [0.15, 0.2) is 0 Å². The molecule has 0 aliphatic carbocycles. The van der Waals surface area contributed by atoms with E-state index in [1.165, 1.54) is 12.8 Å². The van der Waals surface area contributed by atoms with Crippen LogP contribution in [-0.2, 0) is 4.74 Å². The third-order valence-electron chi connectivity index (χ3n) is 1.76. The number of hydrogen-bond acceptors (Lipinski definition) is 2. The topological polar surface area (TPSA) is 50.4 Å². The second-order valence-corrected chi connectivity index (χ2v) is 3.11. The first-order chi connectivity index (χ1) is 6.81. The van der Waals surface area contributed by atoms with E-state index < -0.39 is 0 Å². The molecule has 4 nitrogen and oxygen atoms in total. The monoisotopic (exact) mass is 202 g/mol. The molecule has 0 heterocycles. The van der Waals surface area contributed by atoms with E-state index in [9.17, 15) is 4.79 Å². The minimum absolute atomic E-state index is 0.121. The Labute approximate surface area is 86.4 Å². The number of amides is 2. The first kappa shape index (κ1) is 13.2. The molecule has 0 aromatic carbocycles. The summed E-state index contributed by atoms with van der Waals surface area (Å²) in [7, 11) is 0. The second kappa shape index (κ2) is 10.3. The van der Waals surface area contributed by atoms with Crippen molar-refractivity contribution in [3.63, 3.8) is 0 Å². The van der Waals surface area contributed by atoms with Crippen LogP contribution < -0.4 is 10.6 Å². The molecule has 0 aromatic rings. The number of unbranched alkanes of at least 4 members (excludes halogenated alkanes) is 2. The number of ether oxygens (including phenoxy) is 1.